The number of nitrogens with zero attached hydrogens (tertiary/aromatic N) is 1. The van der Waals surface area contributed by atoms with Gasteiger partial charge in [-0.15, -0.1) is 0 Å². The first-order chi connectivity index (χ1) is 12.9. The average molecular weight is 373 g/mol. The molecule has 6 nitrogen and oxygen atoms in total. The number of halogens is 1. The summed E-state index contributed by atoms with van der Waals surface area (Å²) in [4.78, 5) is 25.9. The highest BCUT2D eigenvalue weighted by molar-refractivity contribution is 5.92. The molecule has 0 fully saturated rings. The van der Waals surface area contributed by atoms with Crippen LogP contribution in [-0.4, -0.2) is 44.0 Å². The molecule has 0 saturated heterocycles. The molecule has 1 unspecified atom stereocenters. The van der Waals surface area contributed by atoms with Crippen LogP contribution in [0.4, 0.5) is 10.1 Å². The number of nitrogens with one attached hydrogen (secondary N) is 2. The maximum Gasteiger partial charge on any atom is 0.238 e. The van der Waals surface area contributed by atoms with Crippen molar-refractivity contribution in [2.24, 2.45) is 0 Å². The molecule has 0 aliphatic carbocycles. The molecule has 0 aliphatic rings. The second-order valence-electron chi connectivity index (χ2n) is 6.29. The minimum atomic E-state index is -0.320. The molecule has 0 aromatic heterocycles. The molecular formula is C20H24FN3O3. The summed E-state index contributed by atoms with van der Waals surface area (Å²) < 4.78 is 18.1. The quantitative estimate of drug-likeness (QED) is 0.746. The van der Waals surface area contributed by atoms with Crippen molar-refractivity contribution in [2.45, 2.75) is 13.0 Å². The van der Waals surface area contributed by atoms with Gasteiger partial charge in [0.05, 0.1) is 26.2 Å². The van der Waals surface area contributed by atoms with Gasteiger partial charge >= 0.3 is 0 Å². The number of hydrogen-bond acceptors (Lipinski definition) is 4. The fourth-order valence-electron chi connectivity index (χ4n) is 2.57. The van der Waals surface area contributed by atoms with E-state index >= 15 is 0 Å². The maximum absolute atomic E-state index is 13.0. The van der Waals surface area contributed by atoms with Gasteiger partial charge < -0.3 is 15.4 Å². The third-order valence-electron chi connectivity index (χ3n) is 3.93. The second kappa shape index (κ2) is 9.68. The van der Waals surface area contributed by atoms with Gasteiger partial charge in [0.2, 0.25) is 11.8 Å². The Balaban J connectivity index is 1.79. The van der Waals surface area contributed by atoms with Crippen LogP contribution in [0.25, 0.3) is 0 Å². The molecule has 0 saturated carbocycles. The van der Waals surface area contributed by atoms with Gasteiger partial charge in [-0.05, 0) is 43.8 Å². The van der Waals surface area contributed by atoms with Crippen LogP contribution in [0.1, 0.15) is 18.5 Å². The van der Waals surface area contributed by atoms with Gasteiger partial charge in [-0.3, -0.25) is 14.5 Å². The lowest BCUT2D eigenvalue weighted by Crippen LogP contribution is -2.39. The molecule has 0 radical (unpaired) electrons. The summed E-state index contributed by atoms with van der Waals surface area (Å²) in [5, 5.41) is 5.60. The Hall–Kier alpha value is -2.93. The SMILES string of the molecule is COc1cccc(NC(=O)CN(C)CC(=O)NC(C)c2ccc(F)cc2)c1. The van der Waals surface area contributed by atoms with Crippen molar-refractivity contribution in [3.8, 4) is 5.75 Å². The van der Waals surface area contributed by atoms with Crippen LogP contribution in [0.5, 0.6) is 5.75 Å². The maximum atomic E-state index is 13.0. The standard InChI is InChI=1S/C20H24FN3O3/c1-14(15-7-9-16(21)10-8-15)22-19(25)12-24(2)13-20(26)23-17-5-4-6-18(11-17)27-3/h4-11,14H,12-13H2,1-3H3,(H,22,25)(H,23,26). The number of ether oxygens (including phenoxy) is 1. The van der Waals surface area contributed by atoms with E-state index in [1.54, 1.807) is 55.5 Å². The predicted octanol–water partition coefficient (Wildman–Crippen LogP) is 2.58. The van der Waals surface area contributed by atoms with Crippen molar-refractivity contribution in [3.05, 3.63) is 59.9 Å². The molecule has 0 bridgehead atoms. The Kier molecular flexibility index (Phi) is 7.31. The first-order valence-corrected chi connectivity index (χ1v) is 8.54. The summed E-state index contributed by atoms with van der Waals surface area (Å²) in [6.07, 6.45) is 0. The predicted molar refractivity (Wildman–Crippen MR) is 102 cm³/mol. The smallest absolute Gasteiger partial charge is 0.238 e. The third-order valence-corrected chi connectivity index (χ3v) is 3.93. The van der Waals surface area contributed by atoms with Gasteiger partial charge in [-0.1, -0.05) is 18.2 Å². The zero-order chi connectivity index (χ0) is 19.8. The van der Waals surface area contributed by atoms with Crippen LogP contribution in [0.3, 0.4) is 0 Å². The lowest BCUT2D eigenvalue weighted by molar-refractivity contribution is -0.123. The van der Waals surface area contributed by atoms with E-state index in [0.29, 0.717) is 11.4 Å². The normalized spacial score (nSPS) is 11.7. The van der Waals surface area contributed by atoms with Crippen LogP contribution in [0, 0.1) is 5.82 Å². The fourth-order valence-corrected chi connectivity index (χ4v) is 2.57. The largest absolute Gasteiger partial charge is 0.497 e. The van der Waals surface area contributed by atoms with Crippen LogP contribution in [-0.2, 0) is 9.59 Å². The molecule has 0 spiro atoms. The van der Waals surface area contributed by atoms with E-state index in [9.17, 15) is 14.0 Å². The van der Waals surface area contributed by atoms with E-state index in [0.717, 1.165) is 5.56 Å². The Morgan fingerprint density at radius 1 is 1.11 bits per heavy atom. The molecule has 144 valence electrons. The number of likely N-dealkylation sites (N-methyl/N-ethyl adjacent to an activating group) is 1. The van der Waals surface area contributed by atoms with Crippen LogP contribution in [0.2, 0.25) is 0 Å². The molecule has 2 N–H and O–H groups in total. The van der Waals surface area contributed by atoms with Crippen molar-refractivity contribution in [3.63, 3.8) is 0 Å². The van der Waals surface area contributed by atoms with Crippen molar-refractivity contribution in [2.75, 3.05) is 32.6 Å². The highest BCUT2D eigenvalue weighted by atomic mass is 19.1. The van der Waals surface area contributed by atoms with Gasteiger partial charge in [0.1, 0.15) is 11.6 Å². The molecule has 2 amide bonds. The molecule has 1 atom stereocenters. The Morgan fingerprint density at radius 2 is 1.78 bits per heavy atom. The summed E-state index contributed by atoms with van der Waals surface area (Å²) in [6, 6.07) is 12.8. The Morgan fingerprint density at radius 3 is 2.44 bits per heavy atom. The van der Waals surface area contributed by atoms with E-state index in [-0.39, 0.29) is 36.8 Å². The van der Waals surface area contributed by atoms with Crippen molar-refractivity contribution in [1.29, 1.82) is 0 Å². The molecular weight excluding hydrogens is 349 g/mol. The minimum Gasteiger partial charge on any atom is -0.497 e. The van der Waals surface area contributed by atoms with Gasteiger partial charge in [-0.2, -0.15) is 0 Å². The Labute approximate surface area is 158 Å². The number of carbonyl (C=O) groups excluding carboxylic acids is 2. The number of amides is 2. The average Bonchev–Trinajstić information content (AvgIpc) is 2.61. The second-order valence-corrected chi connectivity index (χ2v) is 6.29. The number of hydrogen-bond donors (Lipinski definition) is 2. The summed E-state index contributed by atoms with van der Waals surface area (Å²) in [5.41, 5.74) is 1.44. The molecule has 2 rings (SSSR count). The van der Waals surface area contributed by atoms with Gasteiger partial charge in [0.25, 0.3) is 0 Å². The van der Waals surface area contributed by atoms with E-state index in [1.165, 1.54) is 12.1 Å². The molecule has 0 heterocycles. The lowest BCUT2D eigenvalue weighted by atomic mass is 10.1. The third kappa shape index (κ3) is 6.71. The van der Waals surface area contributed by atoms with Gasteiger partial charge in [-0.25, -0.2) is 4.39 Å². The zero-order valence-electron chi connectivity index (χ0n) is 15.7. The highest BCUT2D eigenvalue weighted by Gasteiger charge is 2.14. The van der Waals surface area contributed by atoms with Crippen LogP contribution < -0.4 is 15.4 Å². The first kappa shape index (κ1) is 20.4. The molecule has 27 heavy (non-hydrogen) atoms. The van der Waals surface area contributed by atoms with Gasteiger partial charge in [0, 0.05) is 11.8 Å². The topological polar surface area (TPSA) is 70.7 Å². The number of benzene rings is 2. The van der Waals surface area contributed by atoms with Gasteiger partial charge in [0.15, 0.2) is 0 Å². The van der Waals surface area contributed by atoms with Crippen LogP contribution in [0.15, 0.2) is 48.5 Å². The number of carbonyl (C=O) groups is 2. The first-order valence-electron chi connectivity index (χ1n) is 8.54. The minimum absolute atomic E-state index is 0.0650. The van der Waals surface area contributed by atoms with E-state index < -0.39 is 0 Å². The van der Waals surface area contributed by atoms with E-state index in [1.807, 2.05) is 6.92 Å². The van der Waals surface area contributed by atoms with E-state index in [4.69, 9.17) is 4.74 Å². The lowest BCUT2D eigenvalue weighted by Gasteiger charge is -2.19. The van der Waals surface area contributed by atoms with E-state index in [2.05, 4.69) is 10.6 Å². The summed E-state index contributed by atoms with van der Waals surface area (Å²) in [5.74, 6) is -0.122. The monoisotopic (exact) mass is 373 g/mol. The van der Waals surface area contributed by atoms with Crippen molar-refractivity contribution >= 4 is 17.5 Å². The molecule has 0 aliphatic heterocycles. The fraction of sp³-hybridized carbons (Fsp3) is 0.300. The Bertz CT molecular complexity index is 780. The number of rotatable bonds is 8. The zero-order valence-corrected chi connectivity index (χ0v) is 15.7. The molecule has 2 aromatic carbocycles. The van der Waals surface area contributed by atoms with Crippen molar-refractivity contribution in [1.82, 2.24) is 10.2 Å². The molecule has 7 heteroatoms. The summed E-state index contributed by atoms with van der Waals surface area (Å²) in [7, 11) is 3.24. The van der Waals surface area contributed by atoms with Crippen molar-refractivity contribution < 1.29 is 18.7 Å². The molecule has 2 aromatic rings. The summed E-state index contributed by atoms with van der Waals surface area (Å²) >= 11 is 0. The number of methoxy groups -OCH3 is 1. The van der Waals surface area contributed by atoms with Crippen LogP contribution >= 0.6 is 0 Å². The highest BCUT2D eigenvalue weighted by Crippen LogP contribution is 2.16. The summed E-state index contributed by atoms with van der Waals surface area (Å²) in [6.45, 7) is 1.95. The number of anilines is 1.